The van der Waals surface area contributed by atoms with Crippen LogP contribution in [0.3, 0.4) is 0 Å². The second-order valence-electron chi connectivity index (χ2n) is 4.93. The van der Waals surface area contributed by atoms with E-state index in [2.05, 4.69) is 11.1 Å². The fourth-order valence-electron chi connectivity index (χ4n) is 2.92. The molecule has 1 fully saturated rings. The highest BCUT2D eigenvalue weighted by Crippen LogP contribution is 2.37. The summed E-state index contributed by atoms with van der Waals surface area (Å²) in [6.07, 6.45) is 8.15. The average molecular weight is 227 g/mol. The van der Waals surface area contributed by atoms with Crippen molar-refractivity contribution in [1.82, 2.24) is 4.98 Å². The molecule has 1 atom stereocenters. The van der Waals surface area contributed by atoms with Gasteiger partial charge in [0.1, 0.15) is 0 Å². The SMILES string of the molecule is OC(c1cccc2ccncc12)C1CCCC1. The normalized spacial score (nSPS) is 18.6. The number of benzene rings is 1. The first kappa shape index (κ1) is 10.7. The molecule has 1 unspecified atom stereocenters. The lowest BCUT2D eigenvalue weighted by Crippen LogP contribution is -2.09. The van der Waals surface area contributed by atoms with Gasteiger partial charge in [-0.3, -0.25) is 4.98 Å². The molecular formula is C15H17NO. The fraction of sp³-hybridized carbons (Fsp3) is 0.400. The molecule has 0 saturated heterocycles. The van der Waals surface area contributed by atoms with Crippen molar-refractivity contribution in [1.29, 1.82) is 0 Å². The van der Waals surface area contributed by atoms with Crippen molar-refractivity contribution in [3.8, 4) is 0 Å². The molecule has 3 rings (SSSR count). The minimum Gasteiger partial charge on any atom is -0.388 e. The maximum absolute atomic E-state index is 10.5. The van der Waals surface area contributed by atoms with Gasteiger partial charge in [-0.1, -0.05) is 31.0 Å². The van der Waals surface area contributed by atoms with E-state index in [0.29, 0.717) is 5.92 Å². The van der Waals surface area contributed by atoms with Crippen LogP contribution in [-0.4, -0.2) is 10.1 Å². The number of aliphatic hydroxyl groups is 1. The van der Waals surface area contributed by atoms with Gasteiger partial charge in [-0.05, 0) is 35.8 Å². The van der Waals surface area contributed by atoms with E-state index < -0.39 is 0 Å². The number of hydrogen-bond donors (Lipinski definition) is 1. The molecule has 2 aromatic rings. The van der Waals surface area contributed by atoms with Crippen LogP contribution in [0.25, 0.3) is 10.8 Å². The van der Waals surface area contributed by atoms with E-state index in [0.717, 1.165) is 29.2 Å². The zero-order valence-electron chi connectivity index (χ0n) is 9.84. The second-order valence-corrected chi connectivity index (χ2v) is 4.93. The smallest absolute Gasteiger partial charge is 0.0824 e. The van der Waals surface area contributed by atoms with Crippen LogP contribution >= 0.6 is 0 Å². The number of nitrogens with zero attached hydrogens (tertiary/aromatic N) is 1. The molecule has 1 aromatic heterocycles. The topological polar surface area (TPSA) is 33.1 Å². The van der Waals surface area contributed by atoms with Gasteiger partial charge in [-0.15, -0.1) is 0 Å². The van der Waals surface area contributed by atoms with Crippen molar-refractivity contribution in [2.75, 3.05) is 0 Å². The predicted molar refractivity (Wildman–Crippen MR) is 68.7 cm³/mol. The minimum atomic E-state index is -0.328. The average Bonchev–Trinajstić information content (AvgIpc) is 2.91. The van der Waals surface area contributed by atoms with Gasteiger partial charge in [0.15, 0.2) is 0 Å². The van der Waals surface area contributed by atoms with Crippen LogP contribution in [0, 0.1) is 5.92 Å². The maximum Gasteiger partial charge on any atom is 0.0824 e. The molecule has 1 saturated carbocycles. The van der Waals surface area contributed by atoms with E-state index in [1.54, 1.807) is 6.20 Å². The van der Waals surface area contributed by atoms with E-state index in [1.807, 2.05) is 24.4 Å². The third-order valence-corrected chi connectivity index (χ3v) is 3.88. The number of hydrogen-bond acceptors (Lipinski definition) is 2. The van der Waals surface area contributed by atoms with Gasteiger partial charge in [-0.25, -0.2) is 0 Å². The lowest BCUT2D eigenvalue weighted by molar-refractivity contribution is 0.113. The molecule has 0 aliphatic heterocycles. The van der Waals surface area contributed by atoms with Crippen LogP contribution in [0.2, 0.25) is 0 Å². The monoisotopic (exact) mass is 227 g/mol. The number of rotatable bonds is 2. The largest absolute Gasteiger partial charge is 0.388 e. The molecule has 1 N–H and O–H groups in total. The minimum absolute atomic E-state index is 0.328. The zero-order valence-corrected chi connectivity index (χ0v) is 9.84. The molecule has 1 heterocycles. The molecule has 0 radical (unpaired) electrons. The highest BCUT2D eigenvalue weighted by molar-refractivity contribution is 5.85. The summed E-state index contributed by atoms with van der Waals surface area (Å²) < 4.78 is 0. The Kier molecular flexibility index (Phi) is 2.81. The molecular weight excluding hydrogens is 210 g/mol. The number of aliphatic hydroxyl groups excluding tert-OH is 1. The van der Waals surface area contributed by atoms with Gasteiger partial charge in [0.05, 0.1) is 6.10 Å². The number of fused-ring (bicyclic) bond motifs is 1. The Bertz CT molecular complexity index is 512. The van der Waals surface area contributed by atoms with Crippen molar-refractivity contribution in [2.24, 2.45) is 5.92 Å². The summed E-state index contributed by atoms with van der Waals surface area (Å²) in [5.74, 6) is 0.431. The van der Waals surface area contributed by atoms with E-state index in [1.165, 1.54) is 12.8 Å². The standard InChI is InChI=1S/C15H17NO/c17-15(12-4-1-2-5-12)13-7-3-6-11-8-9-16-10-14(11)13/h3,6-10,12,15,17H,1-2,4-5H2. The van der Waals surface area contributed by atoms with Gasteiger partial charge in [0.2, 0.25) is 0 Å². The van der Waals surface area contributed by atoms with Crippen molar-refractivity contribution >= 4 is 10.8 Å². The second kappa shape index (κ2) is 4.46. The lowest BCUT2D eigenvalue weighted by Gasteiger charge is -2.19. The Morgan fingerprint density at radius 2 is 2.00 bits per heavy atom. The van der Waals surface area contributed by atoms with Gasteiger partial charge < -0.3 is 5.11 Å². The van der Waals surface area contributed by atoms with E-state index in [-0.39, 0.29) is 6.10 Å². The molecule has 88 valence electrons. The van der Waals surface area contributed by atoms with Gasteiger partial charge in [0.25, 0.3) is 0 Å². The van der Waals surface area contributed by atoms with Crippen molar-refractivity contribution in [3.05, 3.63) is 42.2 Å². The van der Waals surface area contributed by atoms with Gasteiger partial charge >= 0.3 is 0 Å². The Morgan fingerprint density at radius 3 is 2.82 bits per heavy atom. The zero-order chi connectivity index (χ0) is 11.7. The Labute approximate surface area is 101 Å². The summed E-state index contributed by atoms with van der Waals surface area (Å²) in [5.41, 5.74) is 1.04. The first-order chi connectivity index (χ1) is 8.36. The van der Waals surface area contributed by atoms with E-state index in [4.69, 9.17) is 0 Å². The highest BCUT2D eigenvalue weighted by Gasteiger charge is 2.25. The Balaban J connectivity index is 2.04. The summed E-state index contributed by atoms with van der Waals surface area (Å²) >= 11 is 0. The summed E-state index contributed by atoms with van der Waals surface area (Å²) in [6, 6.07) is 8.13. The Morgan fingerprint density at radius 1 is 1.18 bits per heavy atom. The first-order valence-electron chi connectivity index (χ1n) is 6.37. The molecule has 0 bridgehead atoms. The molecule has 17 heavy (non-hydrogen) atoms. The third-order valence-electron chi connectivity index (χ3n) is 3.88. The number of pyridine rings is 1. The molecule has 0 spiro atoms. The number of aromatic nitrogens is 1. The Hall–Kier alpha value is -1.41. The maximum atomic E-state index is 10.5. The molecule has 1 aliphatic carbocycles. The molecule has 0 amide bonds. The molecule has 2 heteroatoms. The van der Waals surface area contributed by atoms with Crippen LogP contribution in [0.15, 0.2) is 36.7 Å². The van der Waals surface area contributed by atoms with Crippen LogP contribution in [0.4, 0.5) is 0 Å². The van der Waals surface area contributed by atoms with Crippen molar-refractivity contribution < 1.29 is 5.11 Å². The molecule has 1 aromatic carbocycles. The summed E-state index contributed by atoms with van der Waals surface area (Å²) in [5, 5.41) is 12.7. The predicted octanol–water partition coefficient (Wildman–Crippen LogP) is 3.46. The lowest BCUT2D eigenvalue weighted by atomic mass is 9.91. The van der Waals surface area contributed by atoms with Crippen LogP contribution < -0.4 is 0 Å². The molecule has 1 aliphatic rings. The van der Waals surface area contributed by atoms with Crippen LogP contribution in [0.1, 0.15) is 37.4 Å². The summed E-state index contributed by atoms with van der Waals surface area (Å²) in [7, 11) is 0. The van der Waals surface area contributed by atoms with Crippen molar-refractivity contribution in [2.45, 2.75) is 31.8 Å². The van der Waals surface area contributed by atoms with Crippen molar-refractivity contribution in [3.63, 3.8) is 0 Å². The van der Waals surface area contributed by atoms with Gasteiger partial charge in [0, 0.05) is 17.8 Å². The van der Waals surface area contributed by atoms with Crippen LogP contribution in [-0.2, 0) is 0 Å². The van der Waals surface area contributed by atoms with E-state index >= 15 is 0 Å². The van der Waals surface area contributed by atoms with E-state index in [9.17, 15) is 5.11 Å². The van der Waals surface area contributed by atoms with Crippen LogP contribution in [0.5, 0.6) is 0 Å². The highest BCUT2D eigenvalue weighted by atomic mass is 16.3. The fourth-order valence-corrected chi connectivity index (χ4v) is 2.92. The quantitative estimate of drug-likeness (QED) is 0.852. The first-order valence-corrected chi connectivity index (χ1v) is 6.37. The third kappa shape index (κ3) is 1.93. The summed E-state index contributed by atoms with van der Waals surface area (Å²) in [4.78, 5) is 4.17. The summed E-state index contributed by atoms with van der Waals surface area (Å²) in [6.45, 7) is 0. The molecule has 2 nitrogen and oxygen atoms in total. The van der Waals surface area contributed by atoms with Gasteiger partial charge in [-0.2, -0.15) is 0 Å².